The van der Waals surface area contributed by atoms with Crippen molar-refractivity contribution in [2.75, 3.05) is 12.4 Å². The highest BCUT2D eigenvalue weighted by atomic mass is 79.9. The molecule has 88 valence electrons. The van der Waals surface area contributed by atoms with Gasteiger partial charge in [0.05, 0.1) is 5.69 Å². The molecule has 0 saturated heterocycles. The Kier molecular flexibility index (Phi) is 3.43. The Morgan fingerprint density at radius 2 is 1.65 bits per heavy atom. The first kappa shape index (κ1) is 12.0. The summed E-state index contributed by atoms with van der Waals surface area (Å²) in [6.07, 6.45) is 0. The second-order valence-electron chi connectivity index (χ2n) is 3.90. The van der Waals surface area contributed by atoms with Gasteiger partial charge in [0.1, 0.15) is 0 Å². The number of nitrogens with one attached hydrogen (secondary N) is 1. The third-order valence-electron chi connectivity index (χ3n) is 2.88. The number of nitrogens with zero attached hydrogens (tertiary/aromatic N) is 2. The Hall–Kier alpha value is -1.42. The van der Waals surface area contributed by atoms with Crippen LogP contribution in [0.3, 0.4) is 0 Å². The fourth-order valence-corrected chi connectivity index (χ4v) is 1.99. The maximum Gasteiger partial charge on any atom is 0.151 e. The van der Waals surface area contributed by atoms with Crippen LogP contribution < -0.4 is 5.32 Å². The highest BCUT2D eigenvalue weighted by Gasteiger charge is 2.10. The Morgan fingerprint density at radius 3 is 2.24 bits per heavy atom. The molecule has 0 atom stereocenters. The summed E-state index contributed by atoms with van der Waals surface area (Å²) in [5.41, 5.74) is 4.32. The number of hydrogen-bond donors (Lipinski definition) is 1. The quantitative estimate of drug-likeness (QED) is 0.919. The lowest BCUT2D eigenvalue weighted by Crippen LogP contribution is -2.02. The first-order valence-electron chi connectivity index (χ1n) is 5.41. The minimum Gasteiger partial charge on any atom is -0.371 e. The fourth-order valence-electron chi connectivity index (χ4n) is 1.72. The van der Waals surface area contributed by atoms with Crippen LogP contribution in [0.5, 0.6) is 0 Å². The number of rotatable bonds is 2. The predicted octanol–water partition coefficient (Wildman–Crippen LogP) is 3.56. The van der Waals surface area contributed by atoms with E-state index in [0.29, 0.717) is 0 Å². The van der Waals surface area contributed by atoms with Gasteiger partial charge in [-0.25, -0.2) is 0 Å². The zero-order valence-electron chi connectivity index (χ0n) is 10.1. The Morgan fingerprint density at radius 1 is 1.00 bits per heavy atom. The summed E-state index contributed by atoms with van der Waals surface area (Å²) >= 11 is 3.43. The molecule has 2 aromatic rings. The van der Waals surface area contributed by atoms with E-state index in [1.54, 1.807) is 0 Å². The van der Waals surface area contributed by atoms with Crippen LogP contribution in [0, 0.1) is 13.8 Å². The minimum atomic E-state index is 0.836. The van der Waals surface area contributed by atoms with E-state index in [1.165, 1.54) is 0 Å². The molecule has 2 rings (SSSR count). The largest absolute Gasteiger partial charge is 0.371 e. The summed E-state index contributed by atoms with van der Waals surface area (Å²) in [5.74, 6) is 0.836. The maximum atomic E-state index is 4.28. The Labute approximate surface area is 109 Å². The van der Waals surface area contributed by atoms with E-state index in [4.69, 9.17) is 0 Å². The predicted molar refractivity (Wildman–Crippen MR) is 74.2 cm³/mol. The van der Waals surface area contributed by atoms with Crippen molar-refractivity contribution in [2.45, 2.75) is 13.8 Å². The van der Waals surface area contributed by atoms with Gasteiger partial charge >= 0.3 is 0 Å². The monoisotopic (exact) mass is 291 g/mol. The fraction of sp³-hybridized carbons (Fsp3) is 0.231. The SMILES string of the molecule is CNc1nnc(-c2ccc(Br)cc2)c(C)c1C. The van der Waals surface area contributed by atoms with E-state index in [2.05, 4.69) is 45.3 Å². The number of halogens is 1. The molecule has 1 aromatic heterocycles. The van der Waals surface area contributed by atoms with Gasteiger partial charge in [-0.3, -0.25) is 0 Å². The van der Waals surface area contributed by atoms with Crippen LogP contribution in [-0.4, -0.2) is 17.2 Å². The molecule has 1 heterocycles. The van der Waals surface area contributed by atoms with Crippen LogP contribution in [0.1, 0.15) is 11.1 Å². The van der Waals surface area contributed by atoms with Gasteiger partial charge in [0.25, 0.3) is 0 Å². The van der Waals surface area contributed by atoms with Crippen LogP contribution in [0.2, 0.25) is 0 Å². The van der Waals surface area contributed by atoms with E-state index >= 15 is 0 Å². The van der Waals surface area contributed by atoms with Crippen molar-refractivity contribution in [3.63, 3.8) is 0 Å². The molecule has 0 unspecified atom stereocenters. The first-order chi connectivity index (χ1) is 8.13. The van der Waals surface area contributed by atoms with Crippen molar-refractivity contribution in [2.24, 2.45) is 0 Å². The first-order valence-corrected chi connectivity index (χ1v) is 6.20. The van der Waals surface area contributed by atoms with Crippen molar-refractivity contribution in [3.8, 4) is 11.3 Å². The zero-order chi connectivity index (χ0) is 12.4. The molecule has 0 aliphatic rings. The highest BCUT2D eigenvalue weighted by Crippen LogP contribution is 2.26. The average Bonchev–Trinajstić information content (AvgIpc) is 2.34. The molecule has 0 fully saturated rings. The molecule has 0 spiro atoms. The van der Waals surface area contributed by atoms with Crippen molar-refractivity contribution < 1.29 is 0 Å². The lowest BCUT2D eigenvalue weighted by atomic mass is 10.0. The average molecular weight is 292 g/mol. The van der Waals surface area contributed by atoms with E-state index in [1.807, 2.05) is 31.3 Å². The lowest BCUT2D eigenvalue weighted by Gasteiger charge is -2.10. The molecule has 3 nitrogen and oxygen atoms in total. The smallest absolute Gasteiger partial charge is 0.151 e. The second-order valence-corrected chi connectivity index (χ2v) is 4.82. The van der Waals surface area contributed by atoms with Gasteiger partial charge in [-0.2, -0.15) is 0 Å². The lowest BCUT2D eigenvalue weighted by molar-refractivity contribution is 1.00. The van der Waals surface area contributed by atoms with Gasteiger partial charge in [0, 0.05) is 17.1 Å². The van der Waals surface area contributed by atoms with Crippen molar-refractivity contribution >= 4 is 21.7 Å². The molecular weight excluding hydrogens is 278 g/mol. The number of hydrogen-bond acceptors (Lipinski definition) is 3. The molecule has 0 saturated carbocycles. The second kappa shape index (κ2) is 4.84. The van der Waals surface area contributed by atoms with E-state index in [0.717, 1.165) is 32.7 Å². The topological polar surface area (TPSA) is 37.8 Å². The van der Waals surface area contributed by atoms with Crippen molar-refractivity contribution in [1.29, 1.82) is 0 Å². The summed E-state index contributed by atoms with van der Waals surface area (Å²) in [6.45, 7) is 4.13. The number of aromatic nitrogens is 2. The molecule has 0 bridgehead atoms. The Bertz CT molecular complexity index is 535. The van der Waals surface area contributed by atoms with Gasteiger partial charge in [-0.1, -0.05) is 28.1 Å². The Balaban J connectivity index is 2.53. The van der Waals surface area contributed by atoms with E-state index in [9.17, 15) is 0 Å². The van der Waals surface area contributed by atoms with Gasteiger partial charge in [-0.05, 0) is 37.1 Å². The van der Waals surface area contributed by atoms with Crippen LogP contribution >= 0.6 is 15.9 Å². The maximum absolute atomic E-state index is 4.28. The summed E-state index contributed by atoms with van der Waals surface area (Å²) < 4.78 is 1.07. The minimum absolute atomic E-state index is 0.836. The van der Waals surface area contributed by atoms with Gasteiger partial charge in [0.2, 0.25) is 0 Å². The van der Waals surface area contributed by atoms with Crippen LogP contribution in [0.25, 0.3) is 11.3 Å². The molecule has 4 heteroatoms. The molecule has 1 N–H and O–H groups in total. The summed E-state index contributed by atoms with van der Waals surface area (Å²) in [6, 6.07) is 8.11. The molecule has 0 amide bonds. The zero-order valence-corrected chi connectivity index (χ0v) is 11.7. The third kappa shape index (κ3) is 2.31. The van der Waals surface area contributed by atoms with Gasteiger partial charge in [0.15, 0.2) is 5.82 Å². The number of anilines is 1. The molecular formula is C13H14BrN3. The van der Waals surface area contributed by atoms with Crippen molar-refractivity contribution in [1.82, 2.24) is 10.2 Å². The molecule has 0 aliphatic carbocycles. The van der Waals surface area contributed by atoms with Crippen LogP contribution in [-0.2, 0) is 0 Å². The normalized spacial score (nSPS) is 10.4. The van der Waals surface area contributed by atoms with Gasteiger partial charge < -0.3 is 5.32 Å². The summed E-state index contributed by atoms with van der Waals surface area (Å²) in [5, 5.41) is 11.5. The highest BCUT2D eigenvalue weighted by molar-refractivity contribution is 9.10. The van der Waals surface area contributed by atoms with Crippen molar-refractivity contribution in [3.05, 3.63) is 39.9 Å². The number of benzene rings is 1. The summed E-state index contributed by atoms with van der Waals surface area (Å²) in [4.78, 5) is 0. The van der Waals surface area contributed by atoms with Crippen LogP contribution in [0.4, 0.5) is 5.82 Å². The molecule has 0 aliphatic heterocycles. The van der Waals surface area contributed by atoms with E-state index < -0.39 is 0 Å². The molecule has 1 aromatic carbocycles. The van der Waals surface area contributed by atoms with E-state index in [-0.39, 0.29) is 0 Å². The molecule has 0 radical (unpaired) electrons. The van der Waals surface area contributed by atoms with Gasteiger partial charge in [-0.15, -0.1) is 10.2 Å². The standard InChI is InChI=1S/C13H14BrN3/c1-8-9(2)13(15-3)17-16-12(8)10-4-6-11(14)7-5-10/h4-7H,1-3H3,(H,15,17). The molecule has 17 heavy (non-hydrogen) atoms. The summed E-state index contributed by atoms with van der Waals surface area (Å²) in [7, 11) is 1.86. The third-order valence-corrected chi connectivity index (χ3v) is 3.41. The van der Waals surface area contributed by atoms with Crippen LogP contribution in [0.15, 0.2) is 28.7 Å².